The number of carbonyl (C=O) groups excluding carboxylic acids is 2. The van der Waals surface area contributed by atoms with E-state index < -0.39 is 17.6 Å². The molecule has 1 atom stereocenters. The van der Waals surface area contributed by atoms with Crippen LogP contribution in [0.4, 0.5) is 13.2 Å². The molecule has 27 heavy (non-hydrogen) atoms. The zero-order chi connectivity index (χ0) is 19.5. The van der Waals surface area contributed by atoms with Crippen LogP contribution >= 0.6 is 0 Å². The molecule has 7 heteroatoms. The number of piperidine rings is 1. The van der Waals surface area contributed by atoms with Crippen LogP contribution in [0.3, 0.4) is 0 Å². The average molecular weight is 380 g/mol. The number of hydrogen-bond acceptors (Lipinski definition) is 2. The van der Waals surface area contributed by atoms with E-state index in [0.717, 1.165) is 56.4 Å². The standard InChI is InChI=1S/C20H23F3N2O2/c21-20(22,23)16-7-5-15(6-8-16)18(27)24-13-17(26)25-12-4-11-19(14-25)9-2-1-3-10-19/h1-2,5-8H,3-4,9-14H2,(H,24,27)/t19-/m0/s1. The smallest absolute Gasteiger partial charge is 0.343 e. The van der Waals surface area contributed by atoms with Crippen LogP contribution in [-0.4, -0.2) is 36.3 Å². The summed E-state index contributed by atoms with van der Waals surface area (Å²) in [5.41, 5.74) is -0.557. The molecule has 1 spiro atoms. The number of nitrogens with zero attached hydrogens (tertiary/aromatic N) is 1. The molecule has 1 saturated heterocycles. The molecule has 0 unspecified atom stereocenters. The van der Waals surface area contributed by atoms with Crippen molar-refractivity contribution in [2.75, 3.05) is 19.6 Å². The lowest BCUT2D eigenvalue weighted by molar-refractivity contribution is -0.137. The van der Waals surface area contributed by atoms with Crippen molar-refractivity contribution in [1.29, 1.82) is 0 Å². The molecule has 2 aliphatic rings. The minimum atomic E-state index is -4.44. The van der Waals surface area contributed by atoms with E-state index in [1.165, 1.54) is 0 Å². The molecule has 0 radical (unpaired) electrons. The largest absolute Gasteiger partial charge is 0.416 e. The van der Waals surface area contributed by atoms with Gasteiger partial charge in [0.15, 0.2) is 0 Å². The first-order valence-corrected chi connectivity index (χ1v) is 9.17. The molecule has 3 rings (SSSR count). The lowest BCUT2D eigenvalue weighted by atomic mass is 9.71. The van der Waals surface area contributed by atoms with Crippen molar-refractivity contribution < 1.29 is 22.8 Å². The fourth-order valence-corrected chi connectivity index (χ4v) is 3.91. The number of halogens is 3. The number of rotatable bonds is 3. The molecule has 4 nitrogen and oxygen atoms in total. The van der Waals surface area contributed by atoms with E-state index in [0.29, 0.717) is 13.1 Å². The quantitative estimate of drug-likeness (QED) is 0.812. The van der Waals surface area contributed by atoms with Crippen molar-refractivity contribution in [2.45, 2.75) is 38.3 Å². The van der Waals surface area contributed by atoms with Crippen molar-refractivity contribution in [2.24, 2.45) is 5.41 Å². The highest BCUT2D eigenvalue weighted by molar-refractivity contribution is 5.96. The first-order chi connectivity index (χ1) is 12.8. The monoisotopic (exact) mass is 380 g/mol. The highest BCUT2D eigenvalue weighted by Gasteiger charge is 2.36. The molecular formula is C20H23F3N2O2. The molecule has 0 aromatic heterocycles. The van der Waals surface area contributed by atoms with Gasteiger partial charge in [-0.15, -0.1) is 0 Å². The molecule has 1 aliphatic carbocycles. The Balaban J connectivity index is 1.54. The maximum Gasteiger partial charge on any atom is 0.416 e. The molecule has 1 N–H and O–H groups in total. The van der Waals surface area contributed by atoms with Gasteiger partial charge in [0, 0.05) is 18.7 Å². The summed E-state index contributed by atoms with van der Waals surface area (Å²) in [6, 6.07) is 3.96. The van der Waals surface area contributed by atoms with Crippen molar-refractivity contribution in [3.05, 3.63) is 47.5 Å². The third-order valence-corrected chi connectivity index (χ3v) is 5.45. The van der Waals surface area contributed by atoms with Crippen LogP contribution < -0.4 is 5.32 Å². The van der Waals surface area contributed by atoms with E-state index in [-0.39, 0.29) is 23.4 Å². The van der Waals surface area contributed by atoms with Gasteiger partial charge in [0.1, 0.15) is 0 Å². The van der Waals surface area contributed by atoms with E-state index in [2.05, 4.69) is 17.5 Å². The number of amides is 2. The molecule has 1 aromatic carbocycles. The van der Waals surface area contributed by atoms with Gasteiger partial charge >= 0.3 is 6.18 Å². The van der Waals surface area contributed by atoms with Crippen molar-refractivity contribution in [3.8, 4) is 0 Å². The Morgan fingerprint density at radius 1 is 1.11 bits per heavy atom. The lowest BCUT2D eigenvalue weighted by Crippen LogP contribution is -2.49. The predicted molar refractivity (Wildman–Crippen MR) is 95.0 cm³/mol. The van der Waals surface area contributed by atoms with Gasteiger partial charge in [-0.1, -0.05) is 12.2 Å². The maximum atomic E-state index is 12.6. The second-order valence-electron chi connectivity index (χ2n) is 7.39. The normalized spacial score (nSPS) is 22.7. The van der Waals surface area contributed by atoms with Crippen LogP contribution in [0.2, 0.25) is 0 Å². The molecule has 1 heterocycles. The zero-order valence-corrected chi connectivity index (χ0v) is 15.0. The Kier molecular flexibility index (Phi) is 5.58. The summed E-state index contributed by atoms with van der Waals surface area (Å²) in [6.07, 6.45) is 5.07. The fourth-order valence-electron chi connectivity index (χ4n) is 3.91. The van der Waals surface area contributed by atoms with Gasteiger partial charge in [0.25, 0.3) is 5.91 Å². The van der Waals surface area contributed by atoms with Gasteiger partial charge < -0.3 is 10.2 Å². The molecular weight excluding hydrogens is 357 g/mol. The second kappa shape index (κ2) is 7.74. The van der Waals surface area contributed by atoms with Gasteiger partial charge in [-0.25, -0.2) is 0 Å². The molecule has 2 amide bonds. The Morgan fingerprint density at radius 2 is 1.85 bits per heavy atom. The first-order valence-electron chi connectivity index (χ1n) is 9.17. The maximum absolute atomic E-state index is 12.6. The van der Waals surface area contributed by atoms with Crippen LogP contribution in [0.15, 0.2) is 36.4 Å². The Bertz CT molecular complexity index is 728. The van der Waals surface area contributed by atoms with Crippen LogP contribution in [0.1, 0.15) is 48.0 Å². The summed E-state index contributed by atoms with van der Waals surface area (Å²) in [7, 11) is 0. The topological polar surface area (TPSA) is 49.4 Å². The number of likely N-dealkylation sites (tertiary alicyclic amines) is 1. The number of carbonyl (C=O) groups is 2. The molecule has 0 bridgehead atoms. The van der Waals surface area contributed by atoms with E-state index in [4.69, 9.17) is 0 Å². The van der Waals surface area contributed by atoms with Crippen LogP contribution in [-0.2, 0) is 11.0 Å². The van der Waals surface area contributed by atoms with Gasteiger partial charge in [-0.2, -0.15) is 13.2 Å². The predicted octanol–water partition coefficient (Wildman–Crippen LogP) is 3.78. The summed E-state index contributed by atoms with van der Waals surface area (Å²) < 4.78 is 37.7. The van der Waals surface area contributed by atoms with Crippen LogP contribution in [0.25, 0.3) is 0 Å². The molecule has 1 aromatic rings. The number of allylic oxidation sites excluding steroid dienone is 2. The molecule has 1 fully saturated rings. The van der Waals surface area contributed by atoms with Gasteiger partial charge in [-0.05, 0) is 61.8 Å². The SMILES string of the molecule is O=C(NCC(=O)N1CCC[C@@]2(CC=CCC2)C1)c1ccc(C(F)(F)F)cc1. The zero-order valence-electron chi connectivity index (χ0n) is 15.0. The summed E-state index contributed by atoms with van der Waals surface area (Å²) in [6.45, 7) is 1.23. The molecule has 146 valence electrons. The average Bonchev–Trinajstić information content (AvgIpc) is 2.66. The third kappa shape index (κ3) is 4.70. The van der Waals surface area contributed by atoms with Crippen LogP contribution in [0.5, 0.6) is 0 Å². The number of alkyl halides is 3. The highest BCUT2D eigenvalue weighted by Crippen LogP contribution is 2.40. The van der Waals surface area contributed by atoms with Crippen LogP contribution in [0, 0.1) is 5.41 Å². The second-order valence-corrected chi connectivity index (χ2v) is 7.39. The van der Waals surface area contributed by atoms with Crippen molar-refractivity contribution >= 4 is 11.8 Å². The summed E-state index contributed by atoms with van der Waals surface area (Å²) in [5, 5.41) is 2.52. The summed E-state index contributed by atoms with van der Waals surface area (Å²) >= 11 is 0. The fraction of sp³-hybridized carbons (Fsp3) is 0.500. The van der Waals surface area contributed by atoms with Gasteiger partial charge in [0.2, 0.25) is 5.91 Å². The minimum absolute atomic E-state index is 0.100. The Morgan fingerprint density at radius 3 is 2.48 bits per heavy atom. The first kappa shape index (κ1) is 19.5. The molecule has 1 aliphatic heterocycles. The number of hydrogen-bond donors (Lipinski definition) is 1. The third-order valence-electron chi connectivity index (χ3n) is 5.45. The summed E-state index contributed by atoms with van der Waals surface area (Å²) in [5.74, 6) is -0.701. The van der Waals surface area contributed by atoms with Gasteiger partial charge in [-0.3, -0.25) is 9.59 Å². The Labute approximate surface area is 156 Å². The van der Waals surface area contributed by atoms with E-state index in [1.54, 1.807) is 4.90 Å². The van der Waals surface area contributed by atoms with Crippen molar-refractivity contribution in [1.82, 2.24) is 10.2 Å². The Hall–Kier alpha value is -2.31. The number of nitrogens with one attached hydrogen (secondary N) is 1. The van der Waals surface area contributed by atoms with Gasteiger partial charge in [0.05, 0.1) is 12.1 Å². The van der Waals surface area contributed by atoms with E-state index in [9.17, 15) is 22.8 Å². The van der Waals surface area contributed by atoms with E-state index >= 15 is 0 Å². The summed E-state index contributed by atoms with van der Waals surface area (Å²) in [4.78, 5) is 26.4. The highest BCUT2D eigenvalue weighted by atomic mass is 19.4. The van der Waals surface area contributed by atoms with E-state index in [1.807, 2.05) is 0 Å². The van der Waals surface area contributed by atoms with Crippen molar-refractivity contribution in [3.63, 3.8) is 0 Å². The molecule has 0 saturated carbocycles. The number of benzene rings is 1. The minimum Gasteiger partial charge on any atom is -0.343 e. The lowest BCUT2D eigenvalue weighted by Gasteiger charge is -2.44.